The molecule has 170 valence electrons. The summed E-state index contributed by atoms with van der Waals surface area (Å²) >= 11 is 0. The Morgan fingerprint density at radius 3 is 1.44 bits per heavy atom. The first kappa shape index (κ1) is 23.1. The van der Waals surface area contributed by atoms with Crippen LogP contribution in [-0.2, 0) is 0 Å². The Balaban J connectivity index is 1.53. The SMILES string of the molecule is C=C(C)COc1ccc(C=Cc2ccc(N(c3ccc(C)cc3)c3ccc(C)cc3)cc2)cc1. The average Bonchev–Trinajstić information content (AvgIpc) is 2.85. The third kappa shape index (κ3) is 6.05. The van der Waals surface area contributed by atoms with E-state index in [-0.39, 0.29) is 0 Å². The van der Waals surface area contributed by atoms with Crippen LogP contribution in [0.25, 0.3) is 12.2 Å². The number of aryl methyl sites for hydroxylation is 2. The van der Waals surface area contributed by atoms with E-state index in [9.17, 15) is 0 Å². The van der Waals surface area contributed by atoms with Gasteiger partial charge in [-0.05, 0) is 86.0 Å². The van der Waals surface area contributed by atoms with Gasteiger partial charge in [0.25, 0.3) is 0 Å². The van der Waals surface area contributed by atoms with Crippen molar-refractivity contribution >= 4 is 29.2 Å². The van der Waals surface area contributed by atoms with E-state index in [1.165, 1.54) is 11.1 Å². The normalized spacial score (nSPS) is 10.9. The number of hydrogen-bond donors (Lipinski definition) is 0. The van der Waals surface area contributed by atoms with Crippen LogP contribution in [0.15, 0.2) is 109 Å². The molecule has 0 saturated carbocycles. The second-order valence-electron chi connectivity index (χ2n) is 8.75. The van der Waals surface area contributed by atoms with Gasteiger partial charge in [0.15, 0.2) is 0 Å². The van der Waals surface area contributed by atoms with Gasteiger partial charge in [0.1, 0.15) is 12.4 Å². The van der Waals surface area contributed by atoms with Crippen LogP contribution in [0.3, 0.4) is 0 Å². The summed E-state index contributed by atoms with van der Waals surface area (Å²) in [5.41, 5.74) is 9.22. The molecule has 0 aliphatic rings. The van der Waals surface area contributed by atoms with Gasteiger partial charge in [-0.15, -0.1) is 0 Å². The Bertz CT molecular complexity index is 1200. The lowest BCUT2D eigenvalue weighted by atomic mass is 10.1. The van der Waals surface area contributed by atoms with E-state index in [1.54, 1.807) is 0 Å². The predicted molar refractivity (Wildman–Crippen MR) is 146 cm³/mol. The third-order valence-electron chi connectivity index (χ3n) is 5.57. The first-order valence-electron chi connectivity index (χ1n) is 11.6. The van der Waals surface area contributed by atoms with Crippen LogP contribution in [0, 0.1) is 13.8 Å². The summed E-state index contributed by atoms with van der Waals surface area (Å²) < 4.78 is 5.68. The highest BCUT2D eigenvalue weighted by Crippen LogP contribution is 2.34. The number of benzene rings is 4. The van der Waals surface area contributed by atoms with Crippen LogP contribution < -0.4 is 9.64 Å². The molecule has 4 aromatic rings. The summed E-state index contributed by atoms with van der Waals surface area (Å²) in [6, 6.07) is 34.1. The lowest BCUT2D eigenvalue weighted by Crippen LogP contribution is -2.09. The molecule has 2 nitrogen and oxygen atoms in total. The molecular weight excluding hydrogens is 414 g/mol. The Hall–Kier alpha value is -4.04. The largest absolute Gasteiger partial charge is 0.489 e. The maximum atomic E-state index is 5.68. The molecular formula is C32H31NO. The summed E-state index contributed by atoms with van der Waals surface area (Å²) in [4.78, 5) is 2.29. The van der Waals surface area contributed by atoms with E-state index >= 15 is 0 Å². The molecule has 0 heterocycles. The first-order chi connectivity index (χ1) is 16.5. The molecule has 0 fully saturated rings. The van der Waals surface area contributed by atoms with Crippen molar-refractivity contribution in [2.75, 3.05) is 11.5 Å². The van der Waals surface area contributed by atoms with E-state index in [0.717, 1.165) is 39.5 Å². The predicted octanol–water partition coefficient (Wildman–Crippen LogP) is 8.90. The first-order valence-corrected chi connectivity index (χ1v) is 11.6. The van der Waals surface area contributed by atoms with Crippen LogP contribution in [0.2, 0.25) is 0 Å². The van der Waals surface area contributed by atoms with Crippen LogP contribution >= 0.6 is 0 Å². The minimum atomic E-state index is 0.545. The highest BCUT2D eigenvalue weighted by Gasteiger charge is 2.12. The van der Waals surface area contributed by atoms with Crippen molar-refractivity contribution in [3.8, 4) is 5.75 Å². The zero-order valence-electron chi connectivity index (χ0n) is 20.2. The number of anilines is 3. The number of nitrogens with zero attached hydrogens (tertiary/aromatic N) is 1. The fraction of sp³-hybridized carbons (Fsp3) is 0.125. The summed E-state index contributed by atoms with van der Waals surface area (Å²) in [7, 11) is 0. The lowest BCUT2D eigenvalue weighted by molar-refractivity contribution is 0.352. The fourth-order valence-corrected chi connectivity index (χ4v) is 3.64. The van der Waals surface area contributed by atoms with E-state index in [4.69, 9.17) is 4.74 Å². The van der Waals surface area contributed by atoms with Gasteiger partial charge < -0.3 is 9.64 Å². The van der Waals surface area contributed by atoms with Crippen molar-refractivity contribution in [2.24, 2.45) is 0 Å². The number of hydrogen-bond acceptors (Lipinski definition) is 2. The van der Waals surface area contributed by atoms with Crippen LogP contribution in [0.4, 0.5) is 17.1 Å². The molecule has 0 aliphatic carbocycles. The number of rotatable bonds is 8. The highest BCUT2D eigenvalue weighted by molar-refractivity contribution is 5.78. The Morgan fingerprint density at radius 1 is 0.647 bits per heavy atom. The highest BCUT2D eigenvalue weighted by atomic mass is 16.5. The minimum absolute atomic E-state index is 0.545. The second-order valence-corrected chi connectivity index (χ2v) is 8.75. The van der Waals surface area contributed by atoms with E-state index in [1.807, 2.05) is 19.1 Å². The van der Waals surface area contributed by atoms with E-state index in [2.05, 4.69) is 122 Å². The maximum absolute atomic E-state index is 5.68. The molecule has 0 aromatic heterocycles. The fourth-order valence-electron chi connectivity index (χ4n) is 3.64. The molecule has 0 saturated heterocycles. The molecule has 4 aromatic carbocycles. The van der Waals surface area contributed by atoms with Crippen molar-refractivity contribution < 1.29 is 4.74 Å². The van der Waals surface area contributed by atoms with Crippen molar-refractivity contribution in [3.63, 3.8) is 0 Å². The smallest absolute Gasteiger partial charge is 0.119 e. The monoisotopic (exact) mass is 445 g/mol. The zero-order chi connectivity index (χ0) is 23.9. The van der Waals surface area contributed by atoms with Crippen molar-refractivity contribution in [1.29, 1.82) is 0 Å². The topological polar surface area (TPSA) is 12.5 Å². The van der Waals surface area contributed by atoms with Crippen LogP contribution in [0.1, 0.15) is 29.2 Å². The maximum Gasteiger partial charge on any atom is 0.119 e. The Morgan fingerprint density at radius 2 is 1.03 bits per heavy atom. The Labute approximate surface area is 203 Å². The molecule has 0 atom stereocenters. The summed E-state index contributed by atoms with van der Waals surface area (Å²) in [6.07, 6.45) is 4.25. The second kappa shape index (κ2) is 10.7. The summed E-state index contributed by atoms with van der Waals surface area (Å²) in [5.74, 6) is 0.858. The summed E-state index contributed by atoms with van der Waals surface area (Å²) in [5, 5.41) is 0. The van der Waals surface area contributed by atoms with Gasteiger partial charge in [0.05, 0.1) is 0 Å². The molecule has 34 heavy (non-hydrogen) atoms. The van der Waals surface area contributed by atoms with Crippen molar-refractivity contribution in [1.82, 2.24) is 0 Å². The lowest BCUT2D eigenvalue weighted by Gasteiger charge is -2.25. The quantitative estimate of drug-likeness (QED) is 0.198. The van der Waals surface area contributed by atoms with Crippen molar-refractivity contribution in [2.45, 2.75) is 20.8 Å². The third-order valence-corrected chi connectivity index (χ3v) is 5.57. The molecule has 0 N–H and O–H groups in total. The van der Waals surface area contributed by atoms with Gasteiger partial charge >= 0.3 is 0 Å². The van der Waals surface area contributed by atoms with Gasteiger partial charge in [-0.1, -0.05) is 78.4 Å². The molecule has 0 radical (unpaired) electrons. The summed E-state index contributed by atoms with van der Waals surface area (Å²) in [6.45, 7) is 10.6. The molecule has 0 amide bonds. The standard InChI is InChI=1S/C32H31NO/c1-24(2)23-34-32-21-13-28(14-22-32)10-9-27-11-19-31(20-12-27)33(29-15-5-25(3)6-16-29)30-17-7-26(4)8-18-30/h5-22H,1,23H2,2-4H3. The van der Waals surface area contributed by atoms with Crippen molar-refractivity contribution in [3.05, 3.63) is 131 Å². The number of ether oxygens (including phenoxy) is 1. The molecule has 4 rings (SSSR count). The minimum Gasteiger partial charge on any atom is -0.489 e. The molecule has 0 unspecified atom stereocenters. The molecule has 0 spiro atoms. The zero-order valence-corrected chi connectivity index (χ0v) is 20.2. The van der Waals surface area contributed by atoms with E-state index < -0.39 is 0 Å². The molecule has 0 aliphatic heterocycles. The van der Waals surface area contributed by atoms with Gasteiger partial charge in [0.2, 0.25) is 0 Å². The molecule has 2 heteroatoms. The van der Waals surface area contributed by atoms with E-state index in [0.29, 0.717) is 6.61 Å². The van der Waals surface area contributed by atoms with Crippen LogP contribution in [0.5, 0.6) is 5.75 Å². The Kier molecular flexibility index (Phi) is 7.29. The van der Waals surface area contributed by atoms with Crippen LogP contribution in [-0.4, -0.2) is 6.61 Å². The van der Waals surface area contributed by atoms with Gasteiger partial charge in [-0.2, -0.15) is 0 Å². The van der Waals surface area contributed by atoms with Gasteiger partial charge in [-0.25, -0.2) is 0 Å². The van der Waals surface area contributed by atoms with Gasteiger partial charge in [0, 0.05) is 17.1 Å². The van der Waals surface area contributed by atoms with Gasteiger partial charge in [-0.3, -0.25) is 0 Å². The molecule has 0 bridgehead atoms. The average molecular weight is 446 g/mol.